The monoisotopic (exact) mass is 586 g/mol. The number of carboxylic acid groups (broad SMARTS) is 1. The predicted molar refractivity (Wildman–Crippen MR) is 155 cm³/mol. The highest BCUT2D eigenvalue weighted by molar-refractivity contribution is 5.88. The van der Waals surface area contributed by atoms with Gasteiger partial charge in [0, 0.05) is 55.9 Å². The van der Waals surface area contributed by atoms with Gasteiger partial charge in [0.2, 0.25) is 0 Å². The molecule has 0 aliphatic carbocycles. The first kappa shape index (κ1) is 26.8. The van der Waals surface area contributed by atoms with Gasteiger partial charge in [-0.1, -0.05) is 30.3 Å². The van der Waals surface area contributed by atoms with Gasteiger partial charge in [-0.2, -0.15) is 18.2 Å². The summed E-state index contributed by atoms with van der Waals surface area (Å²) in [6, 6.07) is 18.5. The van der Waals surface area contributed by atoms with Gasteiger partial charge in [-0.05, 0) is 53.8 Å². The number of pyridine rings is 1. The van der Waals surface area contributed by atoms with Crippen molar-refractivity contribution in [2.24, 2.45) is 0 Å². The molecule has 43 heavy (non-hydrogen) atoms. The quantitative estimate of drug-likeness (QED) is 0.252. The molecule has 7 rings (SSSR count). The van der Waals surface area contributed by atoms with Gasteiger partial charge in [-0.15, -0.1) is 0 Å². The SMILES string of the molecule is O=C(O)c1cn(-c2ccc3nc(N4Cc5ccccc5C4)oc3c2)c(-c2ccc(N3CCCC3)c(C(F)(F)F)c2)cc1=O. The fourth-order valence-corrected chi connectivity index (χ4v) is 5.94. The molecule has 0 bridgehead atoms. The molecule has 2 aliphatic rings. The third-order valence-corrected chi connectivity index (χ3v) is 8.08. The van der Waals surface area contributed by atoms with Crippen molar-refractivity contribution in [3.05, 3.63) is 105 Å². The predicted octanol–water partition coefficient (Wildman–Crippen LogP) is 6.48. The molecule has 5 aromatic rings. The molecule has 2 aromatic heterocycles. The van der Waals surface area contributed by atoms with Crippen LogP contribution in [0.2, 0.25) is 0 Å². The highest BCUT2D eigenvalue weighted by Gasteiger charge is 2.36. The van der Waals surface area contributed by atoms with E-state index in [9.17, 15) is 27.9 Å². The van der Waals surface area contributed by atoms with Crippen LogP contribution in [0, 0.1) is 0 Å². The van der Waals surface area contributed by atoms with Crippen LogP contribution in [-0.4, -0.2) is 33.7 Å². The molecular weight excluding hydrogens is 561 g/mol. The Morgan fingerprint density at radius 3 is 2.30 bits per heavy atom. The zero-order valence-corrected chi connectivity index (χ0v) is 22.8. The third-order valence-electron chi connectivity index (χ3n) is 8.08. The van der Waals surface area contributed by atoms with E-state index in [0.717, 1.165) is 31.2 Å². The Bertz CT molecular complexity index is 1930. The zero-order valence-electron chi connectivity index (χ0n) is 22.8. The summed E-state index contributed by atoms with van der Waals surface area (Å²) in [5.74, 6) is -1.44. The summed E-state index contributed by atoms with van der Waals surface area (Å²) in [4.78, 5) is 33.0. The lowest BCUT2D eigenvalue weighted by molar-refractivity contribution is -0.137. The first-order chi connectivity index (χ1) is 20.7. The van der Waals surface area contributed by atoms with Crippen LogP contribution in [0.4, 0.5) is 24.9 Å². The number of carboxylic acids is 1. The summed E-state index contributed by atoms with van der Waals surface area (Å²) in [6.45, 7) is 2.33. The number of hydrogen-bond donors (Lipinski definition) is 1. The van der Waals surface area contributed by atoms with Gasteiger partial charge in [-0.25, -0.2) is 4.79 Å². The maximum atomic E-state index is 14.3. The van der Waals surface area contributed by atoms with Crippen molar-refractivity contribution in [3.63, 3.8) is 0 Å². The molecule has 3 aromatic carbocycles. The molecule has 2 aliphatic heterocycles. The lowest BCUT2D eigenvalue weighted by Gasteiger charge is -2.24. The van der Waals surface area contributed by atoms with Crippen LogP contribution in [-0.2, 0) is 19.3 Å². The molecule has 218 valence electrons. The molecule has 8 nitrogen and oxygen atoms in total. The summed E-state index contributed by atoms with van der Waals surface area (Å²) in [5.41, 5.74) is 1.91. The average molecular weight is 587 g/mol. The standard InChI is InChI=1S/C32H25F3N4O4/c33-32(34,35)24-13-19(7-10-26(24)37-11-3-4-12-37)27-15-28(40)23(30(41)42)18-39(27)22-8-9-25-29(14-22)43-31(36-25)38-16-20-5-1-2-6-21(20)17-38/h1-2,5-10,13-15,18H,3-4,11-12,16-17H2,(H,41,42). The fourth-order valence-electron chi connectivity index (χ4n) is 5.94. The molecular formula is C32H25F3N4O4. The van der Waals surface area contributed by atoms with E-state index in [4.69, 9.17) is 4.42 Å². The number of rotatable bonds is 5. The van der Waals surface area contributed by atoms with E-state index in [0.29, 0.717) is 49.0 Å². The van der Waals surface area contributed by atoms with Crippen LogP contribution in [0.15, 0.2) is 82.1 Å². The number of hydrogen-bond acceptors (Lipinski definition) is 6. The Morgan fingerprint density at radius 2 is 1.63 bits per heavy atom. The third kappa shape index (κ3) is 4.80. The molecule has 0 amide bonds. The average Bonchev–Trinajstić information content (AvgIpc) is 3.75. The molecule has 0 unspecified atom stereocenters. The number of carbonyl (C=O) groups is 1. The normalized spacial score (nSPS) is 15.0. The maximum Gasteiger partial charge on any atom is 0.418 e. The number of aromatic nitrogens is 2. The van der Waals surface area contributed by atoms with E-state index >= 15 is 0 Å². The van der Waals surface area contributed by atoms with E-state index in [1.54, 1.807) is 23.1 Å². The topological polar surface area (TPSA) is 91.8 Å². The molecule has 4 heterocycles. The minimum Gasteiger partial charge on any atom is -0.477 e. The highest BCUT2D eigenvalue weighted by Crippen LogP contribution is 2.40. The van der Waals surface area contributed by atoms with E-state index < -0.39 is 28.7 Å². The first-order valence-corrected chi connectivity index (χ1v) is 13.8. The molecule has 0 spiro atoms. The van der Waals surface area contributed by atoms with Crippen molar-refractivity contribution in [3.8, 4) is 16.9 Å². The second kappa shape index (κ2) is 10.0. The van der Waals surface area contributed by atoms with Gasteiger partial charge in [-0.3, -0.25) is 4.79 Å². The molecule has 1 fully saturated rings. The Hall–Kier alpha value is -5.06. The lowest BCUT2D eigenvalue weighted by atomic mass is 10.0. The number of oxazole rings is 1. The lowest BCUT2D eigenvalue weighted by Crippen LogP contribution is -2.22. The van der Waals surface area contributed by atoms with Gasteiger partial charge in [0.1, 0.15) is 11.1 Å². The largest absolute Gasteiger partial charge is 0.477 e. The van der Waals surface area contributed by atoms with Gasteiger partial charge in [0.25, 0.3) is 6.01 Å². The molecule has 11 heteroatoms. The maximum absolute atomic E-state index is 14.3. The summed E-state index contributed by atoms with van der Waals surface area (Å²) < 4.78 is 50.3. The van der Waals surface area contributed by atoms with Crippen molar-refractivity contribution in [2.75, 3.05) is 22.9 Å². The molecule has 0 radical (unpaired) electrons. The second-order valence-electron chi connectivity index (χ2n) is 10.8. The van der Waals surface area contributed by atoms with Gasteiger partial charge >= 0.3 is 12.1 Å². The van der Waals surface area contributed by atoms with E-state index in [1.165, 1.54) is 27.8 Å². The smallest absolute Gasteiger partial charge is 0.418 e. The van der Waals surface area contributed by atoms with Crippen LogP contribution in [0.1, 0.15) is 39.9 Å². The number of aromatic carboxylic acids is 1. The van der Waals surface area contributed by atoms with E-state index in [2.05, 4.69) is 17.1 Å². The molecule has 1 N–H and O–H groups in total. The van der Waals surface area contributed by atoms with E-state index in [1.807, 2.05) is 17.0 Å². The number of fused-ring (bicyclic) bond motifs is 2. The Kier molecular flexibility index (Phi) is 6.26. The number of halogens is 3. The minimum absolute atomic E-state index is 0.0875. The van der Waals surface area contributed by atoms with Crippen LogP contribution in [0.25, 0.3) is 28.0 Å². The number of nitrogens with zero attached hydrogens (tertiary/aromatic N) is 4. The Balaban J connectivity index is 1.33. The molecule has 0 saturated carbocycles. The fraction of sp³-hybridized carbons (Fsp3) is 0.219. The van der Waals surface area contributed by atoms with Crippen LogP contribution in [0.5, 0.6) is 0 Å². The summed E-state index contributed by atoms with van der Waals surface area (Å²) in [6.07, 6.45) is -1.88. The summed E-state index contributed by atoms with van der Waals surface area (Å²) in [5, 5.41) is 9.68. The summed E-state index contributed by atoms with van der Waals surface area (Å²) in [7, 11) is 0. The Labute approximate surface area is 243 Å². The Morgan fingerprint density at radius 1 is 0.907 bits per heavy atom. The second-order valence-corrected chi connectivity index (χ2v) is 10.8. The number of benzene rings is 3. The number of alkyl halides is 3. The van der Waals surface area contributed by atoms with E-state index in [-0.39, 0.29) is 16.9 Å². The van der Waals surface area contributed by atoms with Crippen LogP contribution < -0.4 is 15.2 Å². The van der Waals surface area contributed by atoms with Crippen molar-refractivity contribution in [1.29, 1.82) is 0 Å². The minimum atomic E-state index is -4.63. The van der Waals surface area contributed by atoms with Gasteiger partial charge in [0.05, 0.1) is 11.3 Å². The van der Waals surface area contributed by atoms with Crippen molar-refractivity contribution >= 4 is 28.8 Å². The van der Waals surface area contributed by atoms with Gasteiger partial charge in [0.15, 0.2) is 11.0 Å². The summed E-state index contributed by atoms with van der Waals surface area (Å²) >= 11 is 0. The van der Waals surface area contributed by atoms with Gasteiger partial charge < -0.3 is 23.9 Å². The van der Waals surface area contributed by atoms with Crippen molar-refractivity contribution in [2.45, 2.75) is 32.1 Å². The number of anilines is 2. The van der Waals surface area contributed by atoms with Crippen molar-refractivity contribution in [1.82, 2.24) is 9.55 Å². The first-order valence-electron chi connectivity index (χ1n) is 13.8. The molecule has 0 atom stereocenters. The zero-order chi connectivity index (χ0) is 29.9. The molecule has 1 saturated heterocycles. The highest BCUT2D eigenvalue weighted by atomic mass is 19.4. The van der Waals surface area contributed by atoms with Crippen LogP contribution >= 0.6 is 0 Å². The van der Waals surface area contributed by atoms with Crippen molar-refractivity contribution < 1.29 is 27.5 Å². The van der Waals surface area contributed by atoms with Crippen LogP contribution in [0.3, 0.4) is 0 Å².